The second-order valence-corrected chi connectivity index (χ2v) is 6.84. The van der Waals surface area contributed by atoms with Crippen LogP contribution in [-0.2, 0) is 9.59 Å². The van der Waals surface area contributed by atoms with Gasteiger partial charge in [-0.2, -0.15) is 0 Å². The highest BCUT2D eigenvalue weighted by Gasteiger charge is 2.20. The molecular weight excluding hydrogens is 300 g/mol. The molecule has 2 N–H and O–H groups in total. The minimum atomic E-state index is -0.592. The van der Waals surface area contributed by atoms with Crippen LogP contribution in [0.1, 0.15) is 97.8 Å². The van der Waals surface area contributed by atoms with E-state index in [-0.39, 0.29) is 11.8 Å². The first-order valence-electron chi connectivity index (χ1n) is 10.2. The van der Waals surface area contributed by atoms with Crippen molar-refractivity contribution in [2.24, 2.45) is 5.92 Å². The first-order valence-corrected chi connectivity index (χ1v) is 10.2. The van der Waals surface area contributed by atoms with Crippen LogP contribution in [0.4, 0.5) is 0 Å². The molecule has 0 aromatic carbocycles. The van der Waals surface area contributed by atoms with Crippen molar-refractivity contribution in [3.63, 3.8) is 0 Å². The fourth-order valence-corrected chi connectivity index (χ4v) is 2.66. The fourth-order valence-electron chi connectivity index (χ4n) is 2.66. The summed E-state index contributed by atoms with van der Waals surface area (Å²) >= 11 is 0. The number of carbonyl (C=O) groups excluding carboxylic acids is 2. The van der Waals surface area contributed by atoms with Gasteiger partial charge in [-0.3, -0.25) is 9.59 Å². The molecule has 0 unspecified atom stereocenters. The Morgan fingerprint density at radius 2 is 0.958 bits per heavy atom. The standard InChI is InChI=1S/C20H40N2O2/c1-4-6-8-10-12-14-16-21-19(23)18(3)20(24)22-17-15-13-11-9-7-5-2/h18H,4-17H2,1-3H3,(H,21,23)(H,22,24). The van der Waals surface area contributed by atoms with E-state index in [2.05, 4.69) is 24.5 Å². The summed E-state index contributed by atoms with van der Waals surface area (Å²) in [6, 6.07) is 0. The normalized spacial score (nSPS) is 10.8. The third-order valence-corrected chi connectivity index (χ3v) is 4.45. The third kappa shape index (κ3) is 13.4. The summed E-state index contributed by atoms with van der Waals surface area (Å²) < 4.78 is 0. The third-order valence-electron chi connectivity index (χ3n) is 4.45. The number of unbranched alkanes of at least 4 members (excludes halogenated alkanes) is 10. The summed E-state index contributed by atoms with van der Waals surface area (Å²) in [6.45, 7) is 7.46. The predicted octanol–water partition coefficient (Wildman–Crippen LogP) is 4.58. The molecule has 0 aliphatic rings. The Morgan fingerprint density at radius 3 is 1.33 bits per heavy atom. The van der Waals surface area contributed by atoms with Gasteiger partial charge in [-0.1, -0.05) is 78.1 Å². The maximum absolute atomic E-state index is 12.0. The Morgan fingerprint density at radius 1 is 0.625 bits per heavy atom. The Labute approximate surface area is 149 Å². The average Bonchev–Trinajstić information content (AvgIpc) is 2.59. The van der Waals surface area contributed by atoms with Crippen LogP contribution in [0.25, 0.3) is 0 Å². The van der Waals surface area contributed by atoms with Crippen LogP contribution in [0.15, 0.2) is 0 Å². The van der Waals surface area contributed by atoms with Gasteiger partial charge < -0.3 is 10.6 Å². The van der Waals surface area contributed by atoms with Crippen LogP contribution in [-0.4, -0.2) is 24.9 Å². The lowest BCUT2D eigenvalue weighted by atomic mass is 10.1. The summed E-state index contributed by atoms with van der Waals surface area (Å²) in [5.41, 5.74) is 0. The molecule has 0 aliphatic carbocycles. The van der Waals surface area contributed by atoms with E-state index in [0.717, 1.165) is 25.7 Å². The van der Waals surface area contributed by atoms with E-state index >= 15 is 0 Å². The van der Waals surface area contributed by atoms with E-state index < -0.39 is 5.92 Å². The maximum atomic E-state index is 12.0. The van der Waals surface area contributed by atoms with Crippen LogP contribution >= 0.6 is 0 Å². The molecule has 4 heteroatoms. The Bertz CT molecular complexity index is 289. The summed E-state index contributed by atoms with van der Waals surface area (Å²) in [4.78, 5) is 23.9. The zero-order valence-corrected chi connectivity index (χ0v) is 16.3. The van der Waals surface area contributed by atoms with Crippen LogP contribution in [0, 0.1) is 5.92 Å². The van der Waals surface area contributed by atoms with E-state index in [0.29, 0.717) is 13.1 Å². The van der Waals surface area contributed by atoms with Gasteiger partial charge in [-0.05, 0) is 19.8 Å². The smallest absolute Gasteiger partial charge is 0.232 e. The first kappa shape index (κ1) is 22.9. The van der Waals surface area contributed by atoms with Crippen LogP contribution < -0.4 is 10.6 Å². The van der Waals surface area contributed by atoms with Crippen molar-refractivity contribution in [2.75, 3.05) is 13.1 Å². The van der Waals surface area contributed by atoms with Crippen LogP contribution in [0.3, 0.4) is 0 Å². The molecule has 0 spiro atoms. The van der Waals surface area contributed by atoms with Gasteiger partial charge in [0.05, 0.1) is 0 Å². The number of rotatable bonds is 16. The summed E-state index contributed by atoms with van der Waals surface area (Å²) in [6.07, 6.45) is 14.4. The largest absolute Gasteiger partial charge is 0.355 e. The molecule has 0 radical (unpaired) electrons. The molecule has 0 bridgehead atoms. The minimum Gasteiger partial charge on any atom is -0.355 e. The highest BCUT2D eigenvalue weighted by atomic mass is 16.2. The SMILES string of the molecule is CCCCCCCCNC(=O)C(C)C(=O)NCCCCCCCC. The van der Waals surface area contributed by atoms with Crippen molar-refractivity contribution < 1.29 is 9.59 Å². The van der Waals surface area contributed by atoms with Gasteiger partial charge >= 0.3 is 0 Å². The predicted molar refractivity (Wildman–Crippen MR) is 102 cm³/mol. The molecule has 0 saturated carbocycles. The molecular formula is C20H40N2O2. The summed E-state index contributed by atoms with van der Waals surface area (Å²) in [5.74, 6) is -0.891. The average molecular weight is 341 g/mol. The molecule has 0 heterocycles. The highest BCUT2D eigenvalue weighted by Crippen LogP contribution is 2.05. The number of nitrogens with one attached hydrogen (secondary N) is 2. The zero-order valence-electron chi connectivity index (χ0n) is 16.3. The Kier molecular flexibility index (Phi) is 16.0. The van der Waals surface area contributed by atoms with Crippen molar-refractivity contribution >= 4 is 11.8 Å². The minimum absolute atomic E-state index is 0.149. The van der Waals surface area contributed by atoms with Crippen molar-refractivity contribution in [3.8, 4) is 0 Å². The van der Waals surface area contributed by atoms with E-state index in [1.54, 1.807) is 6.92 Å². The molecule has 0 fully saturated rings. The lowest BCUT2D eigenvalue weighted by Crippen LogP contribution is -2.40. The van der Waals surface area contributed by atoms with E-state index in [9.17, 15) is 9.59 Å². The van der Waals surface area contributed by atoms with Crippen molar-refractivity contribution in [3.05, 3.63) is 0 Å². The molecule has 2 amide bonds. The van der Waals surface area contributed by atoms with Gasteiger partial charge in [0, 0.05) is 13.1 Å². The van der Waals surface area contributed by atoms with Gasteiger partial charge in [0.2, 0.25) is 11.8 Å². The lowest BCUT2D eigenvalue weighted by molar-refractivity contribution is -0.134. The van der Waals surface area contributed by atoms with Gasteiger partial charge in [0.1, 0.15) is 5.92 Å². The quantitative estimate of drug-likeness (QED) is 0.319. The van der Waals surface area contributed by atoms with Crippen LogP contribution in [0.2, 0.25) is 0 Å². The van der Waals surface area contributed by atoms with Gasteiger partial charge in [-0.15, -0.1) is 0 Å². The maximum Gasteiger partial charge on any atom is 0.232 e. The second-order valence-electron chi connectivity index (χ2n) is 6.84. The van der Waals surface area contributed by atoms with Gasteiger partial charge in [0.15, 0.2) is 0 Å². The second kappa shape index (κ2) is 16.8. The lowest BCUT2D eigenvalue weighted by Gasteiger charge is -2.12. The number of hydrogen-bond acceptors (Lipinski definition) is 2. The molecule has 142 valence electrons. The first-order chi connectivity index (χ1) is 11.6. The van der Waals surface area contributed by atoms with E-state index in [4.69, 9.17) is 0 Å². The van der Waals surface area contributed by atoms with E-state index in [1.807, 2.05) is 0 Å². The van der Waals surface area contributed by atoms with Gasteiger partial charge in [0.25, 0.3) is 0 Å². The number of hydrogen-bond donors (Lipinski definition) is 2. The molecule has 0 aliphatic heterocycles. The van der Waals surface area contributed by atoms with Crippen molar-refractivity contribution in [1.82, 2.24) is 10.6 Å². The fraction of sp³-hybridized carbons (Fsp3) is 0.900. The number of amides is 2. The monoisotopic (exact) mass is 340 g/mol. The van der Waals surface area contributed by atoms with E-state index in [1.165, 1.54) is 51.4 Å². The molecule has 0 atom stereocenters. The summed E-state index contributed by atoms with van der Waals surface area (Å²) in [5, 5.41) is 5.76. The molecule has 0 saturated heterocycles. The van der Waals surface area contributed by atoms with Crippen molar-refractivity contribution in [2.45, 2.75) is 97.8 Å². The molecule has 4 nitrogen and oxygen atoms in total. The van der Waals surface area contributed by atoms with Crippen molar-refractivity contribution in [1.29, 1.82) is 0 Å². The molecule has 0 aromatic rings. The topological polar surface area (TPSA) is 58.2 Å². The summed E-state index contributed by atoms with van der Waals surface area (Å²) in [7, 11) is 0. The van der Waals surface area contributed by atoms with Crippen LogP contribution in [0.5, 0.6) is 0 Å². The Hall–Kier alpha value is -1.06. The van der Waals surface area contributed by atoms with Gasteiger partial charge in [-0.25, -0.2) is 0 Å². The molecule has 24 heavy (non-hydrogen) atoms. The number of carbonyl (C=O) groups is 2. The highest BCUT2D eigenvalue weighted by molar-refractivity contribution is 5.99. The molecule has 0 aromatic heterocycles. The molecule has 0 rings (SSSR count). The zero-order chi connectivity index (χ0) is 18.0. The Balaban J connectivity index is 3.59.